The minimum atomic E-state index is -0.427. The maximum atomic E-state index is 11.4. The van der Waals surface area contributed by atoms with Crippen LogP contribution in [-0.2, 0) is 4.79 Å². The Balaban J connectivity index is 2.66. The van der Waals surface area contributed by atoms with Crippen molar-refractivity contribution in [1.29, 1.82) is 0 Å². The van der Waals surface area contributed by atoms with Crippen molar-refractivity contribution in [3.05, 3.63) is 75.9 Å². The van der Waals surface area contributed by atoms with Crippen LogP contribution in [0.15, 0.2) is 42.5 Å². The Morgan fingerprint density at radius 2 is 1.10 bits per heavy atom. The van der Waals surface area contributed by atoms with E-state index in [1.807, 2.05) is 0 Å². The van der Waals surface area contributed by atoms with Gasteiger partial charge in [0, 0.05) is 6.08 Å². The van der Waals surface area contributed by atoms with Gasteiger partial charge in [0.25, 0.3) is 0 Å². The molecule has 2 aromatic carbocycles. The van der Waals surface area contributed by atoms with Crippen LogP contribution in [0.4, 0.5) is 0 Å². The molecule has 2 rings (SSSR count). The van der Waals surface area contributed by atoms with Gasteiger partial charge in [-0.1, -0.05) is 58.7 Å². The van der Waals surface area contributed by atoms with E-state index in [0.29, 0.717) is 0 Å². The number of benzene rings is 2. The Morgan fingerprint density at radius 3 is 1.38 bits per heavy atom. The van der Waals surface area contributed by atoms with Crippen LogP contribution in [0.25, 0.3) is 5.57 Å². The number of hydrogen-bond acceptors (Lipinski definition) is 1. The Bertz CT molecular complexity index is 632. The van der Waals surface area contributed by atoms with E-state index in [4.69, 9.17) is 5.73 Å². The molecule has 0 unspecified atom stereocenters. The molecule has 0 aliphatic heterocycles. The van der Waals surface area contributed by atoms with Crippen LogP contribution in [0.5, 0.6) is 0 Å². The van der Waals surface area contributed by atoms with Crippen molar-refractivity contribution in [1.82, 2.24) is 0 Å². The molecule has 0 aromatic heterocycles. The van der Waals surface area contributed by atoms with Crippen LogP contribution in [0, 0.1) is 27.7 Å². The highest BCUT2D eigenvalue weighted by atomic mass is 16.1. The van der Waals surface area contributed by atoms with E-state index >= 15 is 0 Å². The lowest BCUT2D eigenvalue weighted by Crippen LogP contribution is -2.08. The number of nitrogens with two attached hydrogens (primary N) is 1. The summed E-state index contributed by atoms with van der Waals surface area (Å²) >= 11 is 0. The molecule has 0 atom stereocenters. The van der Waals surface area contributed by atoms with E-state index < -0.39 is 5.91 Å². The zero-order valence-electron chi connectivity index (χ0n) is 13.0. The first-order chi connectivity index (χ1) is 9.85. The van der Waals surface area contributed by atoms with Crippen molar-refractivity contribution in [2.24, 2.45) is 5.73 Å². The summed E-state index contributed by atoms with van der Waals surface area (Å²) in [5.41, 5.74) is 13.0. The van der Waals surface area contributed by atoms with E-state index in [9.17, 15) is 4.79 Å². The summed E-state index contributed by atoms with van der Waals surface area (Å²) in [6, 6.07) is 12.6. The van der Waals surface area contributed by atoms with Crippen molar-refractivity contribution >= 4 is 11.5 Å². The molecular formula is C19H21NO. The number of rotatable bonds is 3. The smallest absolute Gasteiger partial charge is 0.242 e. The zero-order chi connectivity index (χ0) is 15.6. The maximum Gasteiger partial charge on any atom is 0.242 e. The molecule has 0 saturated carbocycles. The molecule has 0 aliphatic rings. The van der Waals surface area contributed by atoms with Crippen LogP contribution in [0.1, 0.15) is 33.4 Å². The number of primary amides is 1. The molecule has 21 heavy (non-hydrogen) atoms. The van der Waals surface area contributed by atoms with E-state index in [1.165, 1.54) is 28.3 Å². The van der Waals surface area contributed by atoms with Crippen LogP contribution in [-0.4, -0.2) is 5.91 Å². The van der Waals surface area contributed by atoms with Gasteiger partial charge in [-0.15, -0.1) is 0 Å². The molecule has 2 aromatic rings. The van der Waals surface area contributed by atoms with Crippen LogP contribution in [0.3, 0.4) is 0 Å². The molecule has 2 N–H and O–H groups in total. The summed E-state index contributed by atoms with van der Waals surface area (Å²) in [7, 11) is 0. The molecule has 0 heterocycles. The third kappa shape index (κ3) is 3.82. The summed E-state index contributed by atoms with van der Waals surface area (Å²) in [4.78, 5) is 11.4. The Morgan fingerprint density at radius 1 is 0.762 bits per heavy atom. The fourth-order valence-electron chi connectivity index (χ4n) is 2.74. The normalized spacial score (nSPS) is 10.3. The Kier molecular flexibility index (Phi) is 4.27. The van der Waals surface area contributed by atoms with Crippen LogP contribution < -0.4 is 5.73 Å². The fraction of sp³-hybridized carbons (Fsp3) is 0.211. The van der Waals surface area contributed by atoms with Crippen molar-refractivity contribution in [2.75, 3.05) is 0 Å². The van der Waals surface area contributed by atoms with Gasteiger partial charge in [-0.25, -0.2) is 0 Å². The first-order valence-electron chi connectivity index (χ1n) is 7.03. The van der Waals surface area contributed by atoms with Crippen molar-refractivity contribution in [2.45, 2.75) is 27.7 Å². The van der Waals surface area contributed by atoms with Crippen LogP contribution >= 0.6 is 0 Å². The van der Waals surface area contributed by atoms with E-state index in [1.54, 1.807) is 0 Å². The highest BCUT2D eigenvalue weighted by molar-refractivity contribution is 5.98. The van der Waals surface area contributed by atoms with Crippen molar-refractivity contribution < 1.29 is 4.79 Å². The molecule has 0 fully saturated rings. The molecular weight excluding hydrogens is 258 g/mol. The SMILES string of the molecule is Cc1cc(C)cc(C(=CC(N)=O)c2cc(C)cc(C)c2)c1. The number of amides is 1. The molecule has 1 amide bonds. The van der Waals surface area contributed by atoms with E-state index in [-0.39, 0.29) is 0 Å². The lowest BCUT2D eigenvalue weighted by atomic mass is 9.92. The molecule has 2 heteroatoms. The molecule has 0 aliphatic carbocycles. The third-order valence-corrected chi connectivity index (χ3v) is 3.35. The fourth-order valence-corrected chi connectivity index (χ4v) is 2.74. The standard InChI is InChI=1S/C19H21NO/c1-12-5-13(2)8-16(7-12)18(11-19(20)21)17-9-14(3)6-15(4)10-17/h5-11H,1-4H3,(H2,20,21). The van der Waals surface area contributed by atoms with Gasteiger partial charge in [0.2, 0.25) is 5.91 Å². The maximum absolute atomic E-state index is 11.4. The molecule has 0 saturated heterocycles. The van der Waals surface area contributed by atoms with Gasteiger partial charge < -0.3 is 5.73 Å². The number of hydrogen-bond donors (Lipinski definition) is 1. The largest absolute Gasteiger partial charge is 0.366 e. The topological polar surface area (TPSA) is 43.1 Å². The monoisotopic (exact) mass is 279 g/mol. The first kappa shape index (κ1) is 15.0. The molecule has 108 valence electrons. The van der Waals surface area contributed by atoms with Gasteiger partial charge in [0.15, 0.2) is 0 Å². The quantitative estimate of drug-likeness (QED) is 0.852. The van der Waals surface area contributed by atoms with Gasteiger partial charge in [0.05, 0.1) is 0 Å². The predicted molar refractivity (Wildman–Crippen MR) is 88.1 cm³/mol. The van der Waals surface area contributed by atoms with E-state index in [2.05, 4.69) is 64.1 Å². The summed E-state index contributed by atoms with van der Waals surface area (Å²) in [6.07, 6.45) is 1.52. The number of aryl methyl sites for hydroxylation is 4. The van der Waals surface area contributed by atoms with Crippen molar-refractivity contribution in [3.8, 4) is 0 Å². The van der Waals surface area contributed by atoms with Crippen molar-refractivity contribution in [3.63, 3.8) is 0 Å². The summed E-state index contributed by atoms with van der Waals surface area (Å²) < 4.78 is 0. The van der Waals surface area contributed by atoms with Gasteiger partial charge in [-0.3, -0.25) is 4.79 Å². The van der Waals surface area contributed by atoms with Crippen LogP contribution in [0.2, 0.25) is 0 Å². The first-order valence-corrected chi connectivity index (χ1v) is 7.03. The minimum absolute atomic E-state index is 0.427. The molecule has 0 bridgehead atoms. The number of carbonyl (C=O) groups excluding carboxylic acids is 1. The Labute approximate surface area is 126 Å². The van der Waals surface area contributed by atoms with Gasteiger partial charge in [0.1, 0.15) is 0 Å². The molecule has 0 radical (unpaired) electrons. The predicted octanol–water partition coefficient (Wildman–Crippen LogP) is 3.84. The average Bonchev–Trinajstić information content (AvgIpc) is 2.33. The van der Waals surface area contributed by atoms with Gasteiger partial charge >= 0.3 is 0 Å². The zero-order valence-corrected chi connectivity index (χ0v) is 13.0. The second kappa shape index (κ2) is 5.96. The second-order valence-electron chi connectivity index (χ2n) is 5.71. The number of carbonyl (C=O) groups is 1. The second-order valence-corrected chi connectivity index (χ2v) is 5.71. The lowest BCUT2D eigenvalue weighted by molar-refractivity contribution is -0.113. The Hall–Kier alpha value is -2.35. The molecule has 2 nitrogen and oxygen atoms in total. The highest BCUT2D eigenvalue weighted by Crippen LogP contribution is 2.27. The average molecular weight is 279 g/mol. The summed E-state index contributed by atoms with van der Waals surface area (Å²) in [6.45, 7) is 8.22. The van der Waals surface area contributed by atoms with Gasteiger partial charge in [-0.2, -0.15) is 0 Å². The lowest BCUT2D eigenvalue weighted by Gasteiger charge is -2.12. The summed E-state index contributed by atoms with van der Waals surface area (Å²) in [5.74, 6) is -0.427. The summed E-state index contributed by atoms with van der Waals surface area (Å²) in [5, 5.41) is 0. The highest BCUT2D eigenvalue weighted by Gasteiger charge is 2.09. The molecule has 0 spiro atoms. The third-order valence-electron chi connectivity index (χ3n) is 3.35. The van der Waals surface area contributed by atoms with E-state index in [0.717, 1.165) is 16.7 Å². The van der Waals surface area contributed by atoms with Gasteiger partial charge in [-0.05, 0) is 44.4 Å². The minimum Gasteiger partial charge on any atom is -0.366 e.